The Labute approximate surface area is 80.7 Å². The summed E-state index contributed by atoms with van der Waals surface area (Å²) in [7, 11) is 0. The Morgan fingerprint density at radius 2 is 1.31 bits per heavy atom. The zero-order chi connectivity index (χ0) is 10.2. The summed E-state index contributed by atoms with van der Waals surface area (Å²) < 4.78 is 51.2. The van der Waals surface area contributed by atoms with Gasteiger partial charge in [0, 0.05) is 16.5 Å². The predicted molar refractivity (Wildman–Crippen MR) is 43.4 cm³/mol. The molecular weight excluding hydrogens is 252 g/mol. The molecule has 1 rings (SSSR count). The van der Waals surface area contributed by atoms with Gasteiger partial charge >= 0.3 is 0 Å². The highest BCUT2D eigenvalue weighted by Gasteiger charge is 2.21. The summed E-state index contributed by atoms with van der Waals surface area (Å²) in [6.45, 7) is 2.87. The van der Waals surface area contributed by atoms with Crippen molar-refractivity contribution in [3.63, 3.8) is 0 Å². The molecule has 1 aromatic rings. The molecule has 71 valence electrons. The van der Waals surface area contributed by atoms with E-state index in [-0.39, 0.29) is 5.33 Å². The Kier molecular flexibility index (Phi) is 2.95. The minimum absolute atomic E-state index is 0.293. The third-order valence-electron chi connectivity index (χ3n) is 1.58. The summed E-state index contributed by atoms with van der Waals surface area (Å²) in [5.41, 5.74) is -1.55. The van der Waals surface area contributed by atoms with Crippen LogP contribution >= 0.6 is 15.9 Å². The first-order valence-corrected chi connectivity index (χ1v) is 4.35. The van der Waals surface area contributed by atoms with E-state index in [4.69, 9.17) is 0 Å². The molecule has 0 fully saturated rings. The van der Waals surface area contributed by atoms with Crippen molar-refractivity contribution < 1.29 is 17.6 Å². The van der Waals surface area contributed by atoms with E-state index in [1.807, 2.05) is 0 Å². The lowest BCUT2D eigenvalue weighted by Crippen LogP contribution is -2.04. The van der Waals surface area contributed by atoms with Crippen molar-refractivity contribution in [2.24, 2.45) is 0 Å². The Balaban J connectivity index is 3.56. The maximum absolute atomic E-state index is 12.9. The summed E-state index contributed by atoms with van der Waals surface area (Å²) in [4.78, 5) is 0. The Bertz CT molecular complexity index is 319. The van der Waals surface area contributed by atoms with Gasteiger partial charge in [-0.15, -0.1) is 0 Å². The van der Waals surface area contributed by atoms with E-state index in [0.29, 0.717) is 0 Å². The summed E-state index contributed by atoms with van der Waals surface area (Å²) in [6.07, 6.45) is 0. The fourth-order valence-electron chi connectivity index (χ4n) is 0.840. The van der Waals surface area contributed by atoms with Gasteiger partial charge in [0.15, 0.2) is 23.3 Å². The van der Waals surface area contributed by atoms with Crippen molar-refractivity contribution in [2.75, 3.05) is 0 Å². The van der Waals surface area contributed by atoms with Crippen molar-refractivity contribution in [3.05, 3.63) is 41.3 Å². The summed E-state index contributed by atoms with van der Waals surface area (Å²) in [5, 5.41) is -0.293. The second kappa shape index (κ2) is 3.65. The van der Waals surface area contributed by atoms with Gasteiger partial charge in [-0.25, -0.2) is 17.6 Å². The molecule has 0 amide bonds. The fraction of sp³-hybridized carbons (Fsp3) is 0.125. The highest BCUT2D eigenvalue weighted by Crippen LogP contribution is 2.24. The van der Waals surface area contributed by atoms with Gasteiger partial charge in [0.1, 0.15) is 0 Å². The van der Waals surface area contributed by atoms with Gasteiger partial charge in [-0.05, 0) is 6.92 Å². The standard InChI is InChI=1S/C8H4BrF4/c1-3-5(10)7(12)4(2-9)8(13)6(3)11/h1-2H2. The van der Waals surface area contributed by atoms with Gasteiger partial charge in [-0.1, -0.05) is 15.9 Å². The number of benzene rings is 1. The van der Waals surface area contributed by atoms with Crippen molar-refractivity contribution in [1.29, 1.82) is 0 Å². The first kappa shape index (κ1) is 10.5. The molecule has 13 heavy (non-hydrogen) atoms. The number of rotatable bonds is 1. The SMILES string of the molecule is [CH2]c1c(F)c(F)c(CBr)c(F)c1F. The van der Waals surface area contributed by atoms with Crippen LogP contribution in [0.2, 0.25) is 0 Å². The normalized spacial score (nSPS) is 10.6. The zero-order valence-corrected chi connectivity index (χ0v) is 7.89. The van der Waals surface area contributed by atoms with Gasteiger partial charge in [0.2, 0.25) is 0 Å². The molecule has 0 aliphatic rings. The lowest BCUT2D eigenvalue weighted by atomic mass is 10.1. The van der Waals surface area contributed by atoms with Crippen LogP contribution in [-0.2, 0) is 5.33 Å². The van der Waals surface area contributed by atoms with Crippen LogP contribution in [0.5, 0.6) is 0 Å². The first-order valence-electron chi connectivity index (χ1n) is 3.23. The van der Waals surface area contributed by atoms with E-state index < -0.39 is 34.4 Å². The second-order valence-corrected chi connectivity index (χ2v) is 2.91. The van der Waals surface area contributed by atoms with Crippen LogP contribution in [0.25, 0.3) is 0 Å². The van der Waals surface area contributed by atoms with Crippen LogP contribution in [0, 0.1) is 30.2 Å². The van der Waals surface area contributed by atoms with Gasteiger partial charge < -0.3 is 0 Å². The van der Waals surface area contributed by atoms with Gasteiger partial charge in [-0.2, -0.15) is 0 Å². The number of hydrogen-bond acceptors (Lipinski definition) is 0. The van der Waals surface area contributed by atoms with Crippen LogP contribution in [0.3, 0.4) is 0 Å². The predicted octanol–water partition coefficient (Wildman–Crippen LogP) is 3.32. The molecule has 0 aromatic heterocycles. The lowest BCUT2D eigenvalue weighted by Gasteiger charge is -2.06. The topological polar surface area (TPSA) is 0 Å². The molecule has 0 aliphatic carbocycles. The molecule has 0 atom stereocenters. The summed E-state index contributed by atoms with van der Waals surface area (Å²) in [6, 6.07) is 0. The maximum atomic E-state index is 12.9. The van der Waals surface area contributed by atoms with Crippen LogP contribution in [0.1, 0.15) is 11.1 Å². The van der Waals surface area contributed by atoms with E-state index in [1.165, 1.54) is 0 Å². The van der Waals surface area contributed by atoms with Crippen molar-refractivity contribution in [1.82, 2.24) is 0 Å². The van der Waals surface area contributed by atoms with E-state index in [1.54, 1.807) is 0 Å². The minimum atomic E-state index is -1.45. The Hall–Kier alpha value is -0.580. The molecule has 0 N–H and O–H groups in total. The Morgan fingerprint density at radius 3 is 1.62 bits per heavy atom. The number of hydrogen-bond donors (Lipinski definition) is 0. The smallest absolute Gasteiger partial charge is 0.166 e. The van der Waals surface area contributed by atoms with Crippen LogP contribution in [0.15, 0.2) is 0 Å². The molecule has 0 bridgehead atoms. The van der Waals surface area contributed by atoms with Crippen LogP contribution in [0.4, 0.5) is 17.6 Å². The van der Waals surface area contributed by atoms with Crippen LogP contribution in [-0.4, -0.2) is 0 Å². The van der Waals surface area contributed by atoms with E-state index in [9.17, 15) is 17.6 Å². The van der Waals surface area contributed by atoms with Gasteiger partial charge in [0.25, 0.3) is 0 Å². The molecule has 0 spiro atoms. The molecule has 0 saturated heterocycles. The quantitative estimate of drug-likeness (QED) is 0.410. The lowest BCUT2D eigenvalue weighted by molar-refractivity contribution is 0.439. The highest BCUT2D eigenvalue weighted by atomic mass is 79.9. The third kappa shape index (κ3) is 1.57. The third-order valence-corrected chi connectivity index (χ3v) is 2.14. The molecule has 0 nitrogen and oxygen atoms in total. The number of halogens is 5. The molecule has 1 radical (unpaired) electrons. The van der Waals surface area contributed by atoms with Gasteiger partial charge in [0.05, 0.1) is 0 Å². The van der Waals surface area contributed by atoms with Crippen molar-refractivity contribution in [2.45, 2.75) is 5.33 Å². The molecule has 5 heteroatoms. The van der Waals surface area contributed by atoms with E-state index in [2.05, 4.69) is 22.9 Å². The highest BCUT2D eigenvalue weighted by molar-refractivity contribution is 9.08. The van der Waals surface area contributed by atoms with Crippen molar-refractivity contribution in [3.8, 4) is 0 Å². The molecular formula is C8H4BrF4. The molecule has 0 unspecified atom stereocenters. The minimum Gasteiger partial charge on any atom is -0.203 e. The van der Waals surface area contributed by atoms with E-state index >= 15 is 0 Å². The first-order chi connectivity index (χ1) is 6.00. The monoisotopic (exact) mass is 255 g/mol. The van der Waals surface area contributed by atoms with Gasteiger partial charge in [-0.3, -0.25) is 0 Å². The van der Waals surface area contributed by atoms with Crippen molar-refractivity contribution >= 4 is 15.9 Å². The molecule has 0 aliphatic heterocycles. The Morgan fingerprint density at radius 1 is 0.923 bits per heavy atom. The second-order valence-electron chi connectivity index (χ2n) is 2.35. The maximum Gasteiger partial charge on any atom is 0.166 e. The fourth-order valence-corrected chi connectivity index (χ4v) is 1.33. The number of alkyl halides is 1. The average molecular weight is 256 g/mol. The van der Waals surface area contributed by atoms with Crippen LogP contribution < -0.4 is 0 Å². The van der Waals surface area contributed by atoms with E-state index in [0.717, 1.165) is 0 Å². The molecule has 0 heterocycles. The largest absolute Gasteiger partial charge is 0.203 e. The molecule has 0 saturated carbocycles. The zero-order valence-electron chi connectivity index (χ0n) is 6.30. The summed E-state index contributed by atoms with van der Waals surface area (Å²) in [5.74, 6) is -5.71. The molecule has 1 aromatic carbocycles. The summed E-state index contributed by atoms with van der Waals surface area (Å²) >= 11 is 2.72. The average Bonchev–Trinajstić information content (AvgIpc) is 2.13.